The monoisotopic (exact) mass is 275 g/mol. The molecule has 0 heterocycles. The minimum absolute atomic E-state index is 0.0344. The van der Waals surface area contributed by atoms with Crippen molar-refractivity contribution in [1.29, 1.82) is 0 Å². The molecule has 2 atom stereocenters. The van der Waals surface area contributed by atoms with E-state index in [4.69, 9.17) is 5.73 Å². The van der Waals surface area contributed by atoms with E-state index in [0.717, 1.165) is 12.0 Å². The first-order valence-electron chi connectivity index (χ1n) is 6.81. The van der Waals surface area contributed by atoms with E-state index in [2.05, 4.69) is 0 Å². The molecule has 1 nitrogen and oxygen atoms in total. The third-order valence-electron chi connectivity index (χ3n) is 3.77. The molecule has 0 radical (unpaired) electrons. The standard InChI is InChI=1S/C17H19F2N/c1-3-13(12-7-5-4-6-8-12)17(20)14-10-9-11(2)15(18)16(14)19/h4-10,13,17H,3,20H2,1-2H3. The molecule has 20 heavy (non-hydrogen) atoms. The van der Waals surface area contributed by atoms with Gasteiger partial charge < -0.3 is 5.73 Å². The van der Waals surface area contributed by atoms with Gasteiger partial charge in [0.15, 0.2) is 11.6 Å². The number of hydrogen-bond acceptors (Lipinski definition) is 1. The first-order valence-corrected chi connectivity index (χ1v) is 6.81. The highest BCUT2D eigenvalue weighted by atomic mass is 19.2. The van der Waals surface area contributed by atoms with E-state index in [1.807, 2.05) is 37.3 Å². The molecule has 2 aromatic carbocycles. The van der Waals surface area contributed by atoms with E-state index in [-0.39, 0.29) is 11.5 Å². The Kier molecular flexibility index (Phi) is 4.50. The van der Waals surface area contributed by atoms with Crippen molar-refractivity contribution in [3.05, 3.63) is 70.8 Å². The Hall–Kier alpha value is -1.74. The second kappa shape index (κ2) is 6.14. The molecular weight excluding hydrogens is 256 g/mol. The lowest BCUT2D eigenvalue weighted by Gasteiger charge is -2.24. The number of halogens is 2. The summed E-state index contributed by atoms with van der Waals surface area (Å²) in [4.78, 5) is 0. The van der Waals surface area contributed by atoms with Gasteiger partial charge in [0, 0.05) is 17.5 Å². The summed E-state index contributed by atoms with van der Waals surface area (Å²) in [7, 11) is 0. The zero-order valence-corrected chi connectivity index (χ0v) is 11.7. The lowest BCUT2D eigenvalue weighted by atomic mass is 9.85. The normalized spacial score (nSPS) is 14.1. The van der Waals surface area contributed by atoms with Crippen LogP contribution in [0.15, 0.2) is 42.5 Å². The molecule has 0 saturated heterocycles. The highest BCUT2D eigenvalue weighted by molar-refractivity contribution is 5.31. The largest absolute Gasteiger partial charge is 0.323 e. The van der Waals surface area contributed by atoms with Gasteiger partial charge in [0.05, 0.1) is 0 Å². The second-order valence-corrected chi connectivity index (χ2v) is 5.05. The van der Waals surface area contributed by atoms with E-state index in [1.165, 1.54) is 0 Å². The number of benzene rings is 2. The van der Waals surface area contributed by atoms with Crippen LogP contribution < -0.4 is 5.73 Å². The van der Waals surface area contributed by atoms with Gasteiger partial charge in [-0.05, 0) is 24.5 Å². The Morgan fingerprint density at radius 3 is 2.25 bits per heavy atom. The van der Waals surface area contributed by atoms with Crippen molar-refractivity contribution >= 4 is 0 Å². The molecule has 2 unspecified atom stereocenters. The van der Waals surface area contributed by atoms with Crippen molar-refractivity contribution in [3.63, 3.8) is 0 Å². The molecule has 0 aliphatic carbocycles. The molecule has 3 heteroatoms. The summed E-state index contributed by atoms with van der Waals surface area (Å²) in [5.41, 5.74) is 7.78. The van der Waals surface area contributed by atoms with Gasteiger partial charge >= 0.3 is 0 Å². The van der Waals surface area contributed by atoms with E-state index in [1.54, 1.807) is 19.1 Å². The Bertz CT molecular complexity index is 581. The molecule has 2 rings (SSSR count). The summed E-state index contributed by atoms with van der Waals surface area (Å²) in [6, 6.07) is 12.3. The summed E-state index contributed by atoms with van der Waals surface area (Å²) < 4.78 is 27.8. The van der Waals surface area contributed by atoms with Crippen LogP contribution in [-0.2, 0) is 0 Å². The molecule has 2 aromatic rings. The van der Waals surface area contributed by atoms with Gasteiger partial charge in [-0.2, -0.15) is 0 Å². The zero-order chi connectivity index (χ0) is 14.7. The van der Waals surface area contributed by atoms with Crippen molar-refractivity contribution in [2.75, 3.05) is 0 Å². The van der Waals surface area contributed by atoms with Crippen molar-refractivity contribution in [2.45, 2.75) is 32.2 Å². The summed E-state index contributed by atoms with van der Waals surface area (Å²) in [6.07, 6.45) is 0.764. The molecule has 0 spiro atoms. The van der Waals surface area contributed by atoms with Crippen LogP contribution in [0.2, 0.25) is 0 Å². The SMILES string of the molecule is CCC(c1ccccc1)C(N)c1ccc(C)c(F)c1F. The first-order chi connectivity index (χ1) is 9.56. The maximum absolute atomic E-state index is 14.1. The van der Waals surface area contributed by atoms with Gasteiger partial charge in [-0.3, -0.25) is 0 Å². The third kappa shape index (κ3) is 2.73. The maximum atomic E-state index is 14.1. The van der Waals surface area contributed by atoms with E-state index in [0.29, 0.717) is 5.56 Å². The molecular formula is C17H19F2N. The van der Waals surface area contributed by atoms with E-state index < -0.39 is 17.7 Å². The third-order valence-corrected chi connectivity index (χ3v) is 3.77. The summed E-state index contributed by atoms with van der Waals surface area (Å²) in [5, 5.41) is 0. The molecule has 0 fully saturated rings. The lowest BCUT2D eigenvalue weighted by Crippen LogP contribution is -2.21. The Labute approximate surface area is 118 Å². The van der Waals surface area contributed by atoms with Gasteiger partial charge in [-0.1, -0.05) is 49.4 Å². The number of hydrogen-bond donors (Lipinski definition) is 1. The molecule has 2 N–H and O–H groups in total. The minimum Gasteiger partial charge on any atom is -0.323 e. The van der Waals surface area contributed by atoms with Gasteiger partial charge in [-0.25, -0.2) is 8.78 Å². The average molecular weight is 275 g/mol. The van der Waals surface area contributed by atoms with E-state index >= 15 is 0 Å². The Balaban J connectivity index is 2.39. The van der Waals surface area contributed by atoms with Crippen LogP contribution in [0.25, 0.3) is 0 Å². The summed E-state index contributed by atoms with van der Waals surface area (Å²) in [5.74, 6) is -1.67. The topological polar surface area (TPSA) is 26.0 Å². The minimum atomic E-state index is -0.827. The van der Waals surface area contributed by atoms with Gasteiger partial charge in [0.2, 0.25) is 0 Å². The second-order valence-electron chi connectivity index (χ2n) is 5.05. The highest BCUT2D eigenvalue weighted by Crippen LogP contribution is 2.33. The van der Waals surface area contributed by atoms with Crippen LogP contribution in [0, 0.1) is 18.6 Å². The van der Waals surface area contributed by atoms with Crippen LogP contribution in [-0.4, -0.2) is 0 Å². The van der Waals surface area contributed by atoms with E-state index in [9.17, 15) is 8.78 Å². The molecule has 106 valence electrons. The number of aryl methyl sites for hydroxylation is 1. The predicted octanol–water partition coefficient (Wildman–Crippen LogP) is 4.47. The van der Waals surface area contributed by atoms with Crippen molar-refractivity contribution in [3.8, 4) is 0 Å². The first kappa shape index (κ1) is 14.7. The van der Waals surface area contributed by atoms with Crippen molar-refractivity contribution in [1.82, 2.24) is 0 Å². The van der Waals surface area contributed by atoms with Crippen LogP contribution >= 0.6 is 0 Å². The molecule has 0 saturated carbocycles. The quantitative estimate of drug-likeness (QED) is 0.875. The number of rotatable bonds is 4. The summed E-state index contributed by atoms with van der Waals surface area (Å²) in [6.45, 7) is 3.54. The molecule has 0 amide bonds. The zero-order valence-electron chi connectivity index (χ0n) is 11.7. The fraction of sp³-hybridized carbons (Fsp3) is 0.294. The Morgan fingerprint density at radius 1 is 1.00 bits per heavy atom. The lowest BCUT2D eigenvalue weighted by molar-refractivity contribution is 0.461. The van der Waals surface area contributed by atoms with Crippen LogP contribution in [0.4, 0.5) is 8.78 Å². The van der Waals surface area contributed by atoms with Crippen molar-refractivity contribution in [2.24, 2.45) is 5.73 Å². The van der Waals surface area contributed by atoms with Crippen LogP contribution in [0.3, 0.4) is 0 Å². The fourth-order valence-electron chi connectivity index (χ4n) is 2.53. The fourth-order valence-corrected chi connectivity index (χ4v) is 2.53. The molecule has 0 aromatic heterocycles. The van der Waals surface area contributed by atoms with Crippen LogP contribution in [0.5, 0.6) is 0 Å². The predicted molar refractivity (Wildman–Crippen MR) is 77.5 cm³/mol. The molecule has 0 aliphatic heterocycles. The number of nitrogens with two attached hydrogens (primary N) is 1. The average Bonchev–Trinajstić information content (AvgIpc) is 2.47. The van der Waals surface area contributed by atoms with Crippen molar-refractivity contribution < 1.29 is 8.78 Å². The Morgan fingerprint density at radius 2 is 1.65 bits per heavy atom. The summed E-state index contributed by atoms with van der Waals surface area (Å²) >= 11 is 0. The van der Waals surface area contributed by atoms with Gasteiger partial charge in [0.25, 0.3) is 0 Å². The van der Waals surface area contributed by atoms with Gasteiger partial charge in [-0.15, -0.1) is 0 Å². The smallest absolute Gasteiger partial charge is 0.163 e. The molecule has 0 bridgehead atoms. The molecule has 0 aliphatic rings. The highest BCUT2D eigenvalue weighted by Gasteiger charge is 2.24. The van der Waals surface area contributed by atoms with Crippen LogP contribution in [0.1, 0.15) is 42.0 Å². The maximum Gasteiger partial charge on any atom is 0.163 e. The van der Waals surface area contributed by atoms with Gasteiger partial charge in [0.1, 0.15) is 0 Å².